The Morgan fingerprint density at radius 2 is 1.81 bits per heavy atom. The molecule has 4 aliphatic rings. The second-order valence-electron chi connectivity index (χ2n) is 9.63. The first kappa shape index (κ1) is 18.3. The van der Waals surface area contributed by atoms with Crippen molar-refractivity contribution >= 4 is 11.6 Å². The van der Waals surface area contributed by atoms with E-state index in [1.807, 2.05) is 13.0 Å². The van der Waals surface area contributed by atoms with E-state index >= 15 is 0 Å². The number of fused-ring (bicyclic) bond motifs is 5. The summed E-state index contributed by atoms with van der Waals surface area (Å²) in [6.07, 6.45) is 4.98. The minimum atomic E-state index is -1.36. The average molecular weight is 362 g/mol. The highest BCUT2D eigenvalue weighted by molar-refractivity contribution is 5.89. The third-order valence-electron chi connectivity index (χ3n) is 8.77. The summed E-state index contributed by atoms with van der Waals surface area (Å²) in [4.78, 5) is 25.3. The van der Waals surface area contributed by atoms with Crippen molar-refractivity contribution in [2.75, 3.05) is 0 Å². The summed E-state index contributed by atoms with van der Waals surface area (Å²) in [7, 11) is 0. The smallest absolute Gasteiger partial charge is 0.165 e. The predicted molar refractivity (Wildman–Crippen MR) is 95.1 cm³/mol. The third kappa shape index (κ3) is 2.02. The molecule has 0 amide bonds. The largest absolute Gasteiger partial charge is 0.389 e. The fourth-order valence-electron chi connectivity index (χ4n) is 7.17. The van der Waals surface area contributed by atoms with Gasteiger partial charge in [0.1, 0.15) is 11.7 Å². The fourth-order valence-corrected chi connectivity index (χ4v) is 7.17. The number of rotatable bonds is 1. The molecule has 0 radical (unpaired) electrons. The van der Waals surface area contributed by atoms with Gasteiger partial charge in [0.2, 0.25) is 0 Å². The van der Waals surface area contributed by atoms with Gasteiger partial charge < -0.3 is 15.3 Å². The Morgan fingerprint density at radius 1 is 1.15 bits per heavy atom. The van der Waals surface area contributed by atoms with Crippen molar-refractivity contribution in [1.29, 1.82) is 0 Å². The van der Waals surface area contributed by atoms with Crippen LogP contribution in [-0.2, 0) is 9.59 Å². The second-order valence-corrected chi connectivity index (χ2v) is 9.63. The molecule has 0 aromatic rings. The van der Waals surface area contributed by atoms with Crippen LogP contribution in [0.5, 0.6) is 0 Å². The number of hydrogen-bond donors (Lipinski definition) is 3. The highest BCUT2D eigenvalue weighted by Gasteiger charge is 2.68. The first-order valence-electron chi connectivity index (χ1n) is 9.89. The third-order valence-corrected chi connectivity index (χ3v) is 8.77. The first-order valence-corrected chi connectivity index (χ1v) is 9.89. The molecule has 4 rings (SSSR count). The lowest BCUT2D eigenvalue weighted by atomic mass is 9.44. The summed E-state index contributed by atoms with van der Waals surface area (Å²) in [5.74, 6) is -0.919. The molecule has 9 atom stereocenters. The Balaban J connectivity index is 1.78. The zero-order valence-electron chi connectivity index (χ0n) is 15.8. The number of hydrogen-bond acceptors (Lipinski definition) is 5. The van der Waals surface area contributed by atoms with Crippen molar-refractivity contribution in [3.05, 3.63) is 12.2 Å². The molecule has 0 aliphatic heterocycles. The number of ketones is 2. The summed E-state index contributed by atoms with van der Waals surface area (Å²) in [5, 5.41) is 32.1. The number of aliphatic hydroxyl groups is 3. The van der Waals surface area contributed by atoms with Crippen LogP contribution in [0.3, 0.4) is 0 Å². The molecule has 5 heteroatoms. The molecule has 0 saturated heterocycles. The Bertz CT molecular complexity index is 686. The maximum Gasteiger partial charge on any atom is 0.165 e. The van der Waals surface area contributed by atoms with E-state index in [0.29, 0.717) is 25.7 Å². The van der Waals surface area contributed by atoms with Gasteiger partial charge in [0.05, 0.1) is 6.10 Å². The van der Waals surface area contributed by atoms with E-state index in [0.717, 1.165) is 6.42 Å². The van der Waals surface area contributed by atoms with E-state index in [9.17, 15) is 24.9 Å². The van der Waals surface area contributed by atoms with Crippen LogP contribution < -0.4 is 0 Å². The van der Waals surface area contributed by atoms with E-state index in [1.54, 1.807) is 6.08 Å². The van der Waals surface area contributed by atoms with E-state index in [1.165, 1.54) is 6.92 Å². The predicted octanol–water partition coefficient (Wildman–Crippen LogP) is 1.64. The highest BCUT2D eigenvalue weighted by atomic mass is 16.3. The van der Waals surface area contributed by atoms with Crippen LogP contribution in [0.4, 0.5) is 0 Å². The monoisotopic (exact) mass is 362 g/mol. The van der Waals surface area contributed by atoms with Gasteiger partial charge in [0.15, 0.2) is 11.6 Å². The van der Waals surface area contributed by atoms with Gasteiger partial charge >= 0.3 is 0 Å². The lowest BCUT2D eigenvalue weighted by Crippen LogP contribution is -2.63. The SMILES string of the molecule is CC(=O)[C@@]1(O)CC[C@H]2[C@@H]3[C@@H](O)C(=O)C4C[C@@H](O)C=C[C@]4(C)[C@H]3CC[C@@]21C. The van der Waals surface area contributed by atoms with E-state index in [-0.39, 0.29) is 40.7 Å². The molecule has 0 aromatic carbocycles. The van der Waals surface area contributed by atoms with Crippen molar-refractivity contribution in [2.45, 2.75) is 70.7 Å². The Labute approximate surface area is 154 Å². The molecule has 3 N–H and O–H groups in total. The fraction of sp³-hybridized carbons (Fsp3) is 0.810. The van der Waals surface area contributed by atoms with Crippen molar-refractivity contribution < 1.29 is 24.9 Å². The number of Topliss-reactive ketones (excluding diaryl/α,β-unsaturated/α-hetero) is 2. The van der Waals surface area contributed by atoms with E-state index in [2.05, 4.69) is 6.92 Å². The van der Waals surface area contributed by atoms with E-state index < -0.39 is 23.2 Å². The molecule has 3 saturated carbocycles. The lowest BCUT2D eigenvalue weighted by molar-refractivity contribution is -0.183. The van der Waals surface area contributed by atoms with Gasteiger partial charge in [-0.25, -0.2) is 0 Å². The van der Waals surface area contributed by atoms with Crippen LogP contribution in [0.1, 0.15) is 52.9 Å². The molecule has 3 fully saturated rings. The van der Waals surface area contributed by atoms with Gasteiger partial charge in [0.25, 0.3) is 0 Å². The molecule has 0 spiro atoms. The zero-order valence-corrected chi connectivity index (χ0v) is 15.8. The van der Waals surface area contributed by atoms with Crippen molar-refractivity contribution in [1.82, 2.24) is 0 Å². The summed E-state index contributed by atoms with van der Waals surface area (Å²) in [5.41, 5.74) is -2.33. The van der Waals surface area contributed by atoms with Gasteiger partial charge in [-0.15, -0.1) is 0 Å². The summed E-state index contributed by atoms with van der Waals surface area (Å²) < 4.78 is 0. The minimum Gasteiger partial charge on any atom is -0.389 e. The zero-order chi connectivity index (χ0) is 19.1. The number of aliphatic hydroxyl groups excluding tert-OH is 2. The molecule has 0 aromatic heterocycles. The normalized spacial score (nSPS) is 55.8. The van der Waals surface area contributed by atoms with Crippen LogP contribution in [0.25, 0.3) is 0 Å². The van der Waals surface area contributed by atoms with E-state index in [4.69, 9.17) is 0 Å². The molecular weight excluding hydrogens is 332 g/mol. The van der Waals surface area contributed by atoms with Crippen LogP contribution in [-0.4, -0.2) is 44.7 Å². The molecule has 4 aliphatic carbocycles. The quantitative estimate of drug-likeness (QED) is 0.617. The Kier molecular flexibility index (Phi) is 3.87. The molecule has 144 valence electrons. The maximum atomic E-state index is 13.0. The lowest BCUT2D eigenvalue weighted by Gasteiger charge is -2.60. The van der Waals surface area contributed by atoms with Crippen LogP contribution in [0.15, 0.2) is 12.2 Å². The summed E-state index contributed by atoms with van der Waals surface area (Å²) in [6, 6.07) is 0. The Hall–Kier alpha value is -1.04. The maximum absolute atomic E-state index is 13.0. The van der Waals surface area contributed by atoms with Crippen LogP contribution >= 0.6 is 0 Å². The van der Waals surface area contributed by atoms with Gasteiger partial charge in [0, 0.05) is 11.3 Å². The number of allylic oxidation sites excluding steroid dienone is 1. The Morgan fingerprint density at radius 3 is 2.46 bits per heavy atom. The van der Waals surface area contributed by atoms with Gasteiger partial charge in [-0.2, -0.15) is 0 Å². The average Bonchev–Trinajstić information content (AvgIpc) is 2.87. The van der Waals surface area contributed by atoms with Crippen molar-refractivity contribution in [2.24, 2.45) is 34.5 Å². The minimum absolute atomic E-state index is 0.0490. The second kappa shape index (κ2) is 5.49. The summed E-state index contributed by atoms with van der Waals surface area (Å²) >= 11 is 0. The van der Waals surface area contributed by atoms with Gasteiger partial charge in [-0.1, -0.05) is 26.0 Å². The van der Waals surface area contributed by atoms with Gasteiger partial charge in [-0.05, 0) is 62.2 Å². The standard InChI is InChI=1S/C21H30O5/c1-11(22)21(26)9-6-14-16-13(5-8-20(14,21)3)19(2)7-4-12(23)10-15(19)17(24)18(16)25/h4,7,12-16,18,23,25-26H,5-6,8-10H2,1-3H3/t12-,13-,14-,15?,16+,18+,19+,20-,21-/m0/s1. The van der Waals surface area contributed by atoms with Gasteiger partial charge in [-0.3, -0.25) is 9.59 Å². The van der Waals surface area contributed by atoms with Crippen molar-refractivity contribution in [3.63, 3.8) is 0 Å². The highest BCUT2D eigenvalue weighted by Crippen LogP contribution is 2.67. The van der Waals surface area contributed by atoms with Crippen LogP contribution in [0, 0.1) is 34.5 Å². The number of carbonyl (C=O) groups is 2. The molecular formula is C21H30O5. The topological polar surface area (TPSA) is 94.8 Å². The number of carbonyl (C=O) groups excluding carboxylic acids is 2. The molecule has 0 heterocycles. The first-order chi connectivity index (χ1) is 12.1. The molecule has 0 bridgehead atoms. The molecule has 5 nitrogen and oxygen atoms in total. The van der Waals surface area contributed by atoms with Crippen LogP contribution in [0.2, 0.25) is 0 Å². The molecule has 26 heavy (non-hydrogen) atoms. The van der Waals surface area contributed by atoms with Crippen molar-refractivity contribution in [3.8, 4) is 0 Å². The summed E-state index contributed by atoms with van der Waals surface area (Å²) in [6.45, 7) is 5.50. The molecule has 1 unspecified atom stereocenters.